The Morgan fingerprint density at radius 1 is 1.04 bits per heavy atom. The van der Waals surface area contributed by atoms with E-state index < -0.39 is 0 Å². The summed E-state index contributed by atoms with van der Waals surface area (Å²) < 4.78 is 0. The topological polar surface area (TPSA) is 36.4 Å². The number of fused-ring (bicyclic) bond motifs is 1. The molecule has 4 nitrogen and oxygen atoms in total. The highest BCUT2D eigenvalue weighted by atomic mass is 16.2. The summed E-state index contributed by atoms with van der Waals surface area (Å²) in [5.41, 5.74) is 7.34. The van der Waals surface area contributed by atoms with E-state index in [1.165, 1.54) is 22.3 Å². The van der Waals surface area contributed by atoms with Crippen molar-refractivity contribution in [3.8, 4) is 11.1 Å². The van der Waals surface area contributed by atoms with Gasteiger partial charge in [-0.3, -0.25) is 14.7 Å². The molecule has 1 aromatic carbocycles. The fourth-order valence-corrected chi connectivity index (χ4v) is 4.88. The molecule has 0 atom stereocenters. The van der Waals surface area contributed by atoms with Gasteiger partial charge in [-0.15, -0.1) is 0 Å². The van der Waals surface area contributed by atoms with Gasteiger partial charge in [0, 0.05) is 43.0 Å². The van der Waals surface area contributed by atoms with Gasteiger partial charge in [0.2, 0.25) is 5.91 Å². The Hall–Kier alpha value is -2.20. The van der Waals surface area contributed by atoms with E-state index in [2.05, 4.69) is 54.1 Å². The molecule has 4 rings (SSSR count). The summed E-state index contributed by atoms with van der Waals surface area (Å²) >= 11 is 0. The number of nitrogens with zero attached hydrogens (tertiary/aromatic N) is 3. The number of likely N-dealkylation sites (tertiary alicyclic amines) is 1. The molecule has 1 aromatic heterocycles. The first-order valence-corrected chi connectivity index (χ1v) is 10.4. The molecule has 2 aliphatic heterocycles. The van der Waals surface area contributed by atoms with Gasteiger partial charge in [-0.05, 0) is 67.1 Å². The van der Waals surface area contributed by atoms with Crippen LogP contribution >= 0.6 is 0 Å². The molecule has 148 valence electrons. The molecule has 3 heterocycles. The van der Waals surface area contributed by atoms with Crippen LogP contribution in [0.15, 0.2) is 30.3 Å². The van der Waals surface area contributed by atoms with Crippen molar-refractivity contribution in [1.29, 1.82) is 0 Å². The lowest BCUT2D eigenvalue weighted by atomic mass is 9.77. The zero-order valence-corrected chi connectivity index (χ0v) is 17.6. The van der Waals surface area contributed by atoms with Gasteiger partial charge in [0.05, 0.1) is 6.54 Å². The predicted octanol–water partition coefficient (Wildman–Crippen LogP) is 4.08. The molecule has 0 saturated carbocycles. The Morgan fingerprint density at radius 3 is 2.39 bits per heavy atom. The summed E-state index contributed by atoms with van der Waals surface area (Å²) in [5.74, 6) is 0.285. The molecule has 2 aliphatic rings. The van der Waals surface area contributed by atoms with Gasteiger partial charge < -0.3 is 4.90 Å². The molecule has 4 heteroatoms. The van der Waals surface area contributed by atoms with Crippen LogP contribution < -0.4 is 0 Å². The molecule has 0 radical (unpaired) electrons. The lowest BCUT2D eigenvalue weighted by molar-refractivity contribution is -0.131. The molecule has 1 amide bonds. The van der Waals surface area contributed by atoms with Gasteiger partial charge in [0.15, 0.2) is 0 Å². The molecule has 0 N–H and O–H groups in total. The van der Waals surface area contributed by atoms with Gasteiger partial charge in [0.25, 0.3) is 0 Å². The van der Waals surface area contributed by atoms with E-state index in [1.54, 1.807) is 0 Å². The standard InChI is InChI=1S/C24H31N3O/c1-17-11-20(12-18(2)25-17)19-7-8-22-21(13-19)14-26(16-24(22,3)4)15-23(28)27-9-5-6-10-27/h7-8,11-13H,5-6,9-10,14-16H2,1-4H3. The average molecular weight is 378 g/mol. The van der Waals surface area contributed by atoms with Crippen molar-refractivity contribution >= 4 is 5.91 Å². The zero-order chi connectivity index (χ0) is 19.9. The van der Waals surface area contributed by atoms with Gasteiger partial charge in [-0.1, -0.05) is 26.0 Å². The largest absolute Gasteiger partial charge is 0.342 e. The summed E-state index contributed by atoms with van der Waals surface area (Å²) in [6.45, 7) is 12.8. The summed E-state index contributed by atoms with van der Waals surface area (Å²) in [6, 6.07) is 11.1. The maximum atomic E-state index is 12.7. The molecule has 0 unspecified atom stereocenters. The fraction of sp³-hybridized carbons (Fsp3) is 0.500. The highest BCUT2D eigenvalue weighted by Crippen LogP contribution is 2.36. The Labute approximate surface area is 168 Å². The molecule has 0 bridgehead atoms. The molecular weight excluding hydrogens is 346 g/mol. The highest BCUT2D eigenvalue weighted by molar-refractivity contribution is 5.78. The number of carbonyl (C=O) groups excluding carboxylic acids is 1. The summed E-state index contributed by atoms with van der Waals surface area (Å²) in [5, 5.41) is 0. The van der Waals surface area contributed by atoms with Crippen LogP contribution in [-0.4, -0.2) is 46.9 Å². The van der Waals surface area contributed by atoms with Crippen molar-refractivity contribution in [2.24, 2.45) is 0 Å². The zero-order valence-electron chi connectivity index (χ0n) is 17.6. The number of benzene rings is 1. The van der Waals surface area contributed by atoms with E-state index in [9.17, 15) is 4.79 Å². The third kappa shape index (κ3) is 3.83. The van der Waals surface area contributed by atoms with Crippen LogP contribution in [0.5, 0.6) is 0 Å². The van der Waals surface area contributed by atoms with Crippen LogP contribution in [0, 0.1) is 13.8 Å². The van der Waals surface area contributed by atoms with Gasteiger partial charge >= 0.3 is 0 Å². The van der Waals surface area contributed by atoms with E-state index in [0.29, 0.717) is 6.54 Å². The smallest absolute Gasteiger partial charge is 0.236 e. The maximum absolute atomic E-state index is 12.7. The minimum Gasteiger partial charge on any atom is -0.342 e. The second-order valence-electron chi connectivity index (χ2n) is 9.13. The van der Waals surface area contributed by atoms with Crippen LogP contribution in [0.3, 0.4) is 0 Å². The summed E-state index contributed by atoms with van der Waals surface area (Å²) in [4.78, 5) is 21.5. The normalized spacial score (nSPS) is 18.9. The van der Waals surface area contributed by atoms with E-state index in [1.807, 2.05) is 18.7 Å². The Morgan fingerprint density at radius 2 is 1.71 bits per heavy atom. The number of aromatic nitrogens is 1. The molecular formula is C24H31N3O. The van der Waals surface area contributed by atoms with Crippen LogP contribution in [-0.2, 0) is 16.8 Å². The summed E-state index contributed by atoms with van der Waals surface area (Å²) in [7, 11) is 0. The quantitative estimate of drug-likeness (QED) is 0.809. The van der Waals surface area contributed by atoms with E-state index in [-0.39, 0.29) is 11.3 Å². The van der Waals surface area contributed by atoms with Gasteiger partial charge in [0.1, 0.15) is 0 Å². The van der Waals surface area contributed by atoms with Crippen LogP contribution in [0.1, 0.15) is 49.2 Å². The highest BCUT2D eigenvalue weighted by Gasteiger charge is 2.33. The third-order valence-corrected chi connectivity index (χ3v) is 6.08. The van der Waals surface area contributed by atoms with Crippen LogP contribution in [0.4, 0.5) is 0 Å². The van der Waals surface area contributed by atoms with Gasteiger partial charge in [-0.2, -0.15) is 0 Å². The lowest BCUT2D eigenvalue weighted by Gasteiger charge is -2.40. The Balaban J connectivity index is 1.61. The average Bonchev–Trinajstić information content (AvgIpc) is 3.14. The van der Waals surface area contributed by atoms with Crippen molar-refractivity contribution in [1.82, 2.24) is 14.8 Å². The first-order valence-electron chi connectivity index (χ1n) is 10.4. The third-order valence-electron chi connectivity index (χ3n) is 6.08. The maximum Gasteiger partial charge on any atom is 0.236 e. The monoisotopic (exact) mass is 377 g/mol. The number of hydrogen-bond acceptors (Lipinski definition) is 3. The van der Waals surface area contributed by atoms with Gasteiger partial charge in [-0.25, -0.2) is 0 Å². The molecule has 0 aliphatic carbocycles. The van der Waals surface area contributed by atoms with Crippen molar-refractivity contribution in [3.05, 3.63) is 52.8 Å². The number of carbonyl (C=O) groups is 1. The minimum atomic E-state index is 0.0431. The van der Waals surface area contributed by atoms with E-state index in [4.69, 9.17) is 0 Å². The number of hydrogen-bond donors (Lipinski definition) is 0. The lowest BCUT2D eigenvalue weighted by Crippen LogP contribution is -2.46. The van der Waals surface area contributed by atoms with Crippen LogP contribution in [0.25, 0.3) is 11.1 Å². The SMILES string of the molecule is Cc1cc(-c2ccc3c(c2)CN(CC(=O)N2CCCC2)CC3(C)C)cc(C)n1. The molecule has 1 fully saturated rings. The second-order valence-corrected chi connectivity index (χ2v) is 9.13. The number of pyridine rings is 1. The first-order chi connectivity index (χ1) is 13.3. The molecule has 0 spiro atoms. The number of rotatable bonds is 3. The van der Waals surface area contributed by atoms with E-state index in [0.717, 1.165) is 50.4 Å². The second kappa shape index (κ2) is 7.32. The number of aryl methyl sites for hydroxylation is 2. The van der Waals surface area contributed by atoms with Crippen molar-refractivity contribution in [2.45, 2.75) is 52.5 Å². The minimum absolute atomic E-state index is 0.0431. The molecule has 2 aromatic rings. The van der Waals surface area contributed by atoms with Crippen molar-refractivity contribution in [3.63, 3.8) is 0 Å². The summed E-state index contributed by atoms with van der Waals surface area (Å²) in [6.07, 6.45) is 2.29. The van der Waals surface area contributed by atoms with Crippen LogP contribution in [0.2, 0.25) is 0 Å². The van der Waals surface area contributed by atoms with Crippen molar-refractivity contribution < 1.29 is 4.79 Å². The van der Waals surface area contributed by atoms with Crippen molar-refractivity contribution in [2.75, 3.05) is 26.2 Å². The Kier molecular flexibility index (Phi) is 5.00. The Bertz CT molecular complexity index is 876. The molecule has 28 heavy (non-hydrogen) atoms. The number of amides is 1. The first kappa shape index (κ1) is 19.1. The molecule has 1 saturated heterocycles. The fourth-order valence-electron chi connectivity index (χ4n) is 4.88. The van der Waals surface area contributed by atoms with E-state index >= 15 is 0 Å². The predicted molar refractivity (Wildman–Crippen MR) is 113 cm³/mol.